The van der Waals surface area contributed by atoms with E-state index < -0.39 is 0 Å². The van der Waals surface area contributed by atoms with Gasteiger partial charge in [0.05, 0.1) is 6.61 Å². The van der Waals surface area contributed by atoms with Crippen LogP contribution in [0, 0.1) is 0 Å². The molecule has 2 nitrogen and oxygen atoms in total. The Morgan fingerprint density at radius 2 is 2.38 bits per heavy atom. The highest BCUT2D eigenvalue weighted by Gasteiger charge is 1.98. The molecule has 0 fully saturated rings. The maximum atomic E-state index is 5.27. The molecule has 0 aromatic carbocycles. The SMILES string of the molecule is COCC(Br)CCN. The fourth-order valence-corrected chi connectivity index (χ4v) is 0.974. The van der Waals surface area contributed by atoms with Gasteiger partial charge in [-0.1, -0.05) is 15.9 Å². The topological polar surface area (TPSA) is 35.2 Å². The lowest BCUT2D eigenvalue weighted by Gasteiger charge is -2.04. The first kappa shape index (κ1) is 8.40. The average molecular weight is 182 g/mol. The molecule has 0 heterocycles. The van der Waals surface area contributed by atoms with E-state index in [2.05, 4.69) is 15.9 Å². The van der Waals surface area contributed by atoms with Crippen molar-refractivity contribution in [3.63, 3.8) is 0 Å². The Labute approximate surface area is 58.5 Å². The lowest BCUT2D eigenvalue weighted by Crippen LogP contribution is -2.12. The molecule has 0 aliphatic rings. The smallest absolute Gasteiger partial charge is 0.0588 e. The summed E-state index contributed by atoms with van der Waals surface area (Å²) in [6.45, 7) is 1.47. The van der Waals surface area contributed by atoms with Gasteiger partial charge in [-0.15, -0.1) is 0 Å². The van der Waals surface area contributed by atoms with E-state index in [0.29, 0.717) is 4.83 Å². The third-order valence-corrected chi connectivity index (χ3v) is 1.55. The Morgan fingerprint density at radius 1 is 1.75 bits per heavy atom. The van der Waals surface area contributed by atoms with E-state index in [1.54, 1.807) is 7.11 Å². The van der Waals surface area contributed by atoms with Crippen LogP contribution in [-0.2, 0) is 4.74 Å². The summed E-state index contributed by atoms with van der Waals surface area (Å²) in [5.41, 5.74) is 5.27. The van der Waals surface area contributed by atoms with Crippen molar-refractivity contribution in [1.82, 2.24) is 0 Å². The zero-order valence-corrected chi connectivity index (χ0v) is 6.65. The van der Waals surface area contributed by atoms with E-state index in [9.17, 15) is 0 Å². The number of rotatable bonds is 4. The molecule has 8 heavy (non-hydrogen) atoms. The number of hydrogen-bond acceptors (Lipinski definition) is 2. The Bertz CT molecular complexity index is 45.7. The van der Waals surface area contributed by atoms with Crippen LogP contribution in [-0.4, -0.2) is 25.1 Å². The minimum atomic E-state index is 0.428. The van der Waals surface area contributed by atoms with E-state index in [4.69, 9.17) is 10.5 Å². The zero-order chi connectivity index (χ0) is 6.41. The summed E-state index contributed by atoms with van der Waals surface area (Å²) in [4.78, 5) is 0.428. The van der Waals surface area contributed by atoms with Crippen LogP contribution in [0.2, 0.25) is 0 Å². The number of alkyl halides is 1. The van der Waals surface area contributed by atoms with Crippen molar-refractivity contribution < 1.29 is 4.74 Å². The van der Waals surface area contributed by atoms with E-state index in [1.807, 2.05) is 0 Å². The molecule has 0 aliphatic heterocycles. The minimum absolute atomic E-state index is 0.428. The van der Waals surface area contributed by atoms with Crippen LogP contribution in [0.15, 0.2) is 0 Å². The Hall–Kier alpha value is 0.400. The summed E-state index contributed by atoms with van der Waals surface area (Å²) < 4.78 is 4.85. The summed E-state index contributed by atoms with van der Waals surface area (Å²) in [5.74, 6) is 0. The molecule has 0 rings (SSSR count). The summed E-state index contributed by atoms with van der Waals surface area (Å²) in [7, 11) is 1.69. The van der Waals surface area contributed by atoms with Gasteiger partial charge in [0.25, 0.3) is 0 Å². The monoisotopic (exact) mass is 181 g/mol. The predicted octanol–water partition coefficient (Wildman–Crippen LogP) is 0.745. The van der Waals surface area contributed by atoms with Gasteiger partial charge in [0.2, 0.25) is 0 Å². The molecule has 0 amide bonds. The molecular weight excluding hydrogens is 170 g/mol. The molecule has 1 unspecified atom stereocenters. The van der Waals surface area contributed by atoms with Gasteiger partial charge < -0.3 is 10.5 Å². The summed E-state index contributed by atoms with van der Waals surface area (Å²) in [6, 6.07) is 0. The molecule has 0 bridgehead atoms. The Balaban J connectivity index is 2.92. The summed E-state index contributed by atoms with van der Waals surface area (Å²) in [5, 5.41) is 0. The minimum Gasteiger partial charge on any atom is -0.384 e. The van der Waals surface area contributed by atoms with E-state index in [-0.39, 0.29) is 0 Å². The largest absolute Gasteiger partial charge is 0.384 e. The number of hydrogen-bond donors (Lipinski definition) is 1. The van der Waals surface area contributed by atoms with Crippen molar-refractivity contribution in [2.75, 3.05) is 20.3 Å². The molecule has 0 aliphatic carbocycles. The van der Waals surface area contributed by atoms with Crippen LogP contribution in [0.25, 0.3) is 0 Å². The normalized spacial score (nSPS) is 13.9. The number of nitrogens with two attached hydrogens (primary N) is 1. The molecule has 0 spiro atoms. The first-order chi connectivity index (χ1) is 3.81. The molecule has 0 aromatic rings. The van der Waals surface area contributed by atoms with Crippen LogP contribution in [0.4, 0.5) is 0 Å². The van der Waals surface area contributed by atoms with Crippen molar-refractivity contribution >= 4 is 15.9 Å². The number of halogens is 1. The first-order valence-electron chi connectivity index (χ1n) is 2.64. The first-order valence-corrected chi connectivity index (χ1v) is 3.56. The molecule has 2 N–H and O–H groups in total. The quantitative estimate of drug-likeness (QED) is 0.651. The molecule has 50 valence electrons. The Kier molecular flexibility index (Phi) is 5.81. The third-order valence-electron chi connectivity index (χ3n) is 0.827. The molecule has 1 atom stereocenters. The molecule has 0 radical (unpaired) electrons. The van der Waals surface area contributed by atoms with Crippen LogP contribution in [0.5, 0.6) is 0 Å². The average Bonchev–Trinajstić information content (AvgIpc) is 1.68. The van der Waals surface area contributed by atoms with E-state index in [0.717, 1.165) is 19.6 Å². The summed E-state index contributed by atoms with van der Waals surface area (Å²) >= 11 is 3.39. The van der Waals surface area contributed by atoms with Crippen molar-refractivity contribution in [2.24, 2.45) is 5.73 Å². The third kappa shape index (κ3) is 4.56. The highest BCUT2D eigenvalue weighted by atomic mass is 79.9. The van der Waals surface area contributed by atoms with Gasteiger partial charge in [-0.05, 0) is 13.0 Å². The maximum absolute atomic E-state index is 5.27. The predicted molar refractivity (Wildman–Crippen MR) is 38.3 cm³/mol. The second kappa shape index (κ2) is 5.54. The van der Waals surface area contributed by atoms with Gasteiger partial charge in [0.15, 0.2) is 0 Å². The van der Waals surface area contributed by atoms with Gasteiger partial charge in [-0.3, -0.25) is 0 Å². The summed E-state index contributed by atoms with van der Waals surface area (Å²) in [6.07, 6.45) is 0.980. The van der Waals surface area contributed by atoms with Crippen LogP contribution in [0.1, 0.15) is 6.42 Å². The van der Waals surface area contributed by atoms with Crippen LogP contribution >= 0.6 is 15.9 Å². The van der Waals surface area contributed by atoms with Crippen molar-refractivity contribution in [2.45, 2.75) is 11.2 Å². The highest BCUT2D eigenvalue weighted by molar-refractivity contribution is 9.09. The molecule has 0 saturated heterocycles. The van der Waals surface area contributed by atoms with Crippen molar-refractivity contribution in [3.05, 3.63) is 0 Å². The molecule has 0 saturated carbocycles. The Morgan fingerprint density at radius 3 is 2.75 bits per heavy atom. The second-order valence-electron chi connectivity index (χ2n) is 1.63. The fourth-order valence-electron chi connectivity index (χ4n) is 0.445. The maximum Gasteiger partial charge on any atom is 0.0588 e. The van der Waals surface area contributed by atoms with Gasteiger partial charge >= 0.3 is 0 Å². The standard InChI is InChI=1S/C5H12BrNO/c1-8-4-5(6)2-3-7/h5H,2-4,7H2,1H3. The van der Waals surface area contributed by atoms with Gasteiger partial charge in [-0.2, -0.15) is 0 Å². The van der Waals surface area contributed by atoms with Crippen molar-refractivity contribution in [3.8, 4) is 0 Å². The van der Waals surface area contributed by atoms with Gasteiger partial charge in [0.1, 0.15) is 0 Å². The fraction of sp³-hybridized carbons (Fsp3) is 1.00. The van der Waals surface area contributed by atoms with Crippen LogP contribution < -0.4 is 5.73 Å². The van der Waals surface area contributed by atoms with Gasteiger partial charge in [-0.25, -0.2) is 0 Å². The van der Waals surface area contributed by atoms with Crippen molar-refractivity contribution in [1.29, 1.82) is 0 Å². The molecular formula is C5H12BrNO. The highest BCUT2D eigenvalue weighted by Crippen LogP contribution is 2.02. The zero-order valence-electron chi connectivity index (χ0n) is 5.06. The van der Waals surface area contributed by atoms with Crippen LogP contribution in [0.3, 0.4) is 0 Å². The molecule has 3 heteroatoms. The van der Waals surface area contributed by atoms with Gasteiger partial charge in [0, 0.05) is 11.9 Å². The number of ether oxygens (including phenoxy) is 1. The lowest BCUT2D eigenvalue weighted by molar-refractivity contribution is 0.199. The molecule has 0 aromatic heterocycles. The van der Waals surface area contributed by atoms with E-state index in [1.165, 1.54) is 0 Å². The number of methoxy groups -OCH3 is 1. The second-order valence-corrected chi connectivity index (χ2v) is 2.92. The lowest BCUT2D eigenvalue weighted by atomic mass is 10.3. The van der Waals surface area contributed by atoms with E-state index >= 15 is 0 Å².